The lowest BCUT2D eigenvalue weighted by atomic mass is 9.78. The molecule has 0 radical (unpaired) electrons. The number of carbonyl (C=O) groups is 1. The summed E-state index contributed by atoms with van der Waals surface area (Å²) in [5.74, 6) is -1.04. The van der Waals surface area contributed by atoms with Crippen LogP contribution in [0.15, 0.2) is 48.1 Å². The summed E-state index contributed by atoms with van der Waals surface area (Å²) in [4.78, 5) is 10.9. The molecule has 0 saturated heterocycles. The van der Waals surface area contributed by atoms with Gasteiger partial charge in [-0.25, -0.2) is 4.79 Å². The standard InChI is InChI=1S/C17H16N2O2/c1-3-4-5-13(2)10-17(11-18,12-19)15-8-6-14(7-9-15)16(20)21/h3-9H,10H2,1-2H3,(H,20,21)/b4-3-,13-5+. The first-order valence-electron chi connectivity index (χ1n) is 6.44. The molecule has 0 spiro atoms. The minimum absolute atomic E-state index is 0.129. The predicted molar refractivity (Wildman–Crippen MR) is 79.5 cm³/mol. The number of benzene rings is 1. The van der Waals surface area contributed by atoms with Gasteiger partial charge in [0.1, 0.15) is 0 Å². The third kappa shape index (κ3) is 3.81. The van der Waals surface area contributed by atoms with Gasteiger partial charge >= 0.3 is 5.97 Å². The van der Waals surface area contributed by atoms with Crippen molar-refractivity contribution in [3.63, 3.8) is 0 Å². The van der Waals surface area contributed by atoms with Crippen molar-refractivity contribution < 1.29 is 9.90 Å². The highest BCUT2D eigenvalue weighted by atomic mass is 16.4. The van der Waals surface area contributed by atoms with Gasteiger partial charge in [-0.3, -0.25) is 0 Å². The molecule has 0 unspecified atom stereocenters. The quantitative estimate of drug-likeness (QED) is 0.835. The van der Waals surface area contributed by atoms with E-state index in [0.717, 1.165) is 5.57 Å². The SMILES string of the molecule is C/C=C\C=C(/C)CC(C#N)(C#N)c1ccc(C(=O)O)cc1. The van der Waals surface area contributed by atoms with E-state index in [9.17, 15) is 15.3 Å². The van der Waals surface area contributed by atoms with Crippen LogP contribution in [0.5, 0.6) is 0 Å². The van der Waals surface area contributed by atoms with Crippen molar-refractivity contribution in [3.05, 3.63) is 59.2 Å². The molecule has 0 bridgehead atoms. The lowest BCUT2D eigenvalue weighted by Crippen LogP contribution is -2.22. The Morgan fingerprint density at radius 2 is 1.86 bits per heavy atom. The molecule has 0 heterocycles. The fourth-order valence-corrected chi connectivity index (χ4v) is 1.97. The van der Waals surface area contributed by atoms with E-state index in [1.165, 1.54) is 24.3 Å². The number of nitriles is 2. The van der Waals surface area contributed by atoms with Crippen LogP contribution in [0, 0.1) is 22.7 Å². The molecule has 0 aromatic heterocycles. The zero-order chi connectivity index (χ0) is 15.9. The Morgan fingerprint density at radius 3 is 2.29 bits per heavy atom. The monoisotopic (exact) mass is 280 g/mol. The molecule has 106 valence electrons. The summed E-state index contributed by atoms with van der Waals surface area (Å²) < 4.78 is 0. The summed E-state index contributed by atoms with van der Waals surface area (Å²) in [6, 6.07) is 10.00. The van der Waals surface area contributed by atoms with Crippen LogP contribution in [0.3, 0.4) is 0 Å². The Kier molecular flexibility index (Phi) is 5.46. The van der Waals surface area contributed by atoms with E-state index >= 15 is 0 Å². The van der Waals surface area contributed by atoms with E-state index in [2.05, 4.69) is 12.1 Å². The number of carboxylic acid groups (broad SMARTS) is 1. The molecule has 0 saturated carbocycles. The third-order valence-corrected chi connectivity index (χ3v) is 3.12. The molecular weight excluding hydrogens is 264 g/mol. The van der Waals surface area contributed by atoms with Crippen LogP contribution in [0.4, 0.5) is 0 Å². The van der Waals surface area contributed by atoms with Crippen molar-refractivity contribution in [1.29, 1.82) is 10.5 Å². The van der Waals surface area contributed by atoms with Crippen LogP contribution in [0.1, 0.15) is 36.2 Å². The Morgan fingerprint density at radius 1 is 1.29 bits per heavy atom. The molecule has 1 N–H and O–H groups in total. The van der Waals surface area contributed by atoms with Crippen LogP contribution in [-0.2, 0) is 5.41 Å². The summed E-state index contributed by atoms with van der Waals surface area (Å²) in [5.41, 5.74) is 0.230. The van der Waals surface area contributed by atoms with Crippen molar-refractivity contribution in [3.8, 4) is 12.1 Å². The summed E-state index contributed by atoms with van der Waals surface area (Å²) in [5, 5.41) is 27.8. The summed E-state index contributed by atoms with van der Waals surface area (Å²) in [6.07, 6.45) is 5.85. The van der Waals surface area contributed by atoms with Crippen molar-refractivity contribution in [2.45, 2.75) is 25.7 Å². The lowest BCUT2D eigenvalue weighted by molar-refractivity contribution is 0.0697. The normalized spacial score (nSPS) is 11.9. The van der Waals surface area contributed by atoms with Crippen molar-refractivity contribution in [1.82, 2.24) is 0 Å². The van der Waals surface area contributed by atoms with Gasteiger partial charge in [-0.2, -0.15) is 10.5 Å². The zero-order valence-corrected chi connectivity index (χ0v) is 12.0. The maximum atomic E-state index is 10.9. The second kappa shape index (κ2) is 7.07. The molecule has 1 rings (SSSR count). The van der Waals surface area contributed by atoms with Crippen LogP contribution in [0.25, 0.3) is 0 Å². The van der Waals surface area contributed by atoms with Crippen LogP contribution >= 0.6 is 0 Å². The van der Waals surface area contributed by atoms with E-state index in [1.807, 2.05) is 32.1 Å². The molecule has 0 aliphatic rings. The van der Waals surface area contributed by atoms with E-state index in [4.69, 9.17) is 5.11 Å². The number of hydrogen-bond acceptors (Lipinski definition) is 3. The highest BCUT2D eigenvalue weighted by molar-refractivity contribution is 5.87. The van der Waals surface area contributed by atoms with Crippen molar-refractivity contribution in [2.24, 2.45) is 0 Å². The van der Waals surface area contributed by atoms with Gasteiger partial charge < -0.3 is 5.11 Å². The minimum Gasteiger partial charge on any atom is -0.478 e. The first kappa shape index (κ1) is 16.2. The second-order valence-corrected chi connectivity index (χ2v) is 4.73. The van der Waals surface area contributed by atoms with E-state index in [1.54, 1.807) is 0 Å². The van der Waals surface area contributed by atoms with Gasteiger partial charge in [0, 0.05) is 6.42 Å². The minimum atomic E-state index is -1.31. The van der Waals surface area contributed by atoms with E-state index in [-0.39, 0.29) is 12.0 Å². The van der Waals surface area contributed by atoms with Gasteiger partial charge in [-0.05, 0) is 31.5 Å². The lowest BCUT2D eigenvalue weighted by Gasteiger charge is -2.19. The van der Waals surface area contributed by atoms with E-state index in [0.29, 0.717) is 5.56 Å². The third-order valence-electron chi connectivity index (χ3n) is 3.12. The molecule has 0 aliphatic heterocycles. The number of rotatable bonds is 5. The van der Waals surface area contributed by atoms with Crippen LogP contribution < -0.4 is 0 Å². The summed E-state index contributed by atoms with van der Waals surface area (Å²) >= 11 is 0. The van der Waals surface area contributed by atoms with Crippen molar-refractivity contribution >= 4 is 5.97 Å². The van der Waals surface area contributed by atoms with Gasteiger partial charge in [0.05, 0.1) is 17.7 Å². The van der Waals surface area contributed by atoms with Gasteiger partial charge in [0.2, 0.25) is 0 Å². The predicted octanol–water partition coefficient (Wildman–Crippen LogP) is 3.58. The Balaban J connectivity index is 3.20. The number of hydrogen-bond donors (Lipinski definition) is 1. The van der Waals surface area contributed by atoms with Gasteiger partial charge in [0.25, 0.3) is 0 Å². The number of allylic oxidation sites excluding steroid dienone is 4. The topological polar surface area (TPSA) is 84.9 Å². The van der Waals surface area contributed by atoms with Gasteiger partial charge in [0.15, 0.2) is 5.41 Å². The summed E-state index contributed by atoms with van der Waals surface area (Å²) in [6.45, 7) is 3.74. The molecule has 0 fully saturated rings. The molecule has 0 aliphatic carbocycles. The first-order valence-corrected chi connectivity index (χ1v) is 6.44. The highest BCUT2D eigenvalue weighted by Gasteiger charge is 2.32. The number of carboxylic acids is 1. The van der Waals surface area contributed by atoms with E-state index < -0.39 is 11.4 Å². The van der Waals surface area contributed by atoms with Gasteiger partial charge in [-0.15, -0.1) is 0 Å². The molecular formula is C17H16N2O2. The molecule has 0 amide bonds. The number of nitrogens with zero attached hydrogens (tertiary/aromatic N) is 2. The molecule has 4 heteroatoms. The van der Waals surface area contributed by atoms with Gasteiger partial charge in [-0.1, -0.05) is 35.9 Å². The maximum Gasteiger partial charge on any atom is 0.335 e. The molecule has 0 atom stereocenters. The largest absolute Gasteiger partial charge is 0.478 e. The zero-order valence-electron chi connectivity index (χ0n) is 12.0. The van der Waals surface area contributed by atoms with Crippen molar-refractivity contribution in [2.75, 3.05) is 0 Å². The average Bonchev–Trinajstić information content (AvgIpc) is 2.50. The first-order chi connectivity index (χ1) is 9.99. The summed E-state index contributed by atoms with van der Waals surface area (Å²) in [7, 11) is 0. The fourth-order valence-electron chi connectivity index (χ4n) is 1.97. The Hall–Kier alpha value is -2.85. The fraction of sp³-hybridized carbons (Fsp3) is 0.235. The molecule has 21 heavy (non-hydrogen) atoms. The average molecular weight is 280 g/mol. The second-order valence-electron chi connectivity index (χ2n) is 4.73. The number of aromatic carboxylic acids is 1. The molecule has 4 nitrogen and oxygen atoms in total. The highest BCUT2D eigenvalue weighted by Crippen LogP contribution is 2.30. The maximum absolute atomic E-state index is 10.9. The molecule has 1 aromatic carbocycles. The Labute approximate surface area is 124 Å². The molecule has 1 aromatic rings. The smallest absolute Gasteiger partial charge is 0.335 e. The van der Waals surface area contributed by atoms with Crippen LogP contribution in [0.2, 0.25) is 0 Å². The van der Waals surface area contributed by atoms with Crippen LogP contribution in [-0.4, -0.2) is 11.1 Å². The Bertz CT molecular complexity index is 642.